The Morgan fingerprint density at radius 3 is 2.48 bits per heavy atom. The van der Waals surface area contributed by atoms with Crippen LogP contribution in [-0.4, -0.2) is 20.3 Å². The van der Waals surface area contributed by atoms with Gasteiger partial charge in [0.05, 0.1) is 12.6 Å². The van der Waals surface area contributed by atoms with Crippen LogP contribution >= 0.6 is 15.9 Å². The highest BCUT2D eigenvalue weighted by Gasteiger charge is 2.15. The quantitative estimate of drug-likeness (QED) is 0.796. The number of benzene rings is 2. The molecule has 112 valence electrons. The van der Waals surface area contributed by atoms with Gasteiger partial charge in [-0.2, -0.15) is 0 Å². The van der Waals surface area contributed by atoms with Crippen molar-refractivity contribution in [1.29, 1.82) is 0 Å². The van der Waals surface area contributed by atoms with Crippen LogP contribution in [0.25, 0.3) is 0 Å². The van der Waals surface area contributed by atoms with E-state index in [9.17, 15) is 4.39 Å². The lowest BCUT2D eigenvalue weighted by Gasteiger charge is -2.20. The van der Waals surface area contributed by atoms with Crippen LogP contribution in [0.4, 0.5) is 4.39 Å². The summed E-state index contributed by atoms with van der Waals surface area (Å²) >= 11 is 3.36. The highest BCUT2D eigenvalue weighted by molar-refractivity contribution is 9.10. The summed E-state index contributed by atoms with van der Waals surface area (Å²) in [5.41, 5.74) is 1.77. The zero-order valence-electron chi connectivity index (χ0n) is 11.9. The van der Waals surface area contributed by atoms with Crippen molar-refractivity contribution in [2.45, 2.75) is 12.2 Å². The van der Waals surface area contributed by atoms with Crippen molar-refractivity contribution < 1.29 is 9.13 Å². The van der Waals surface area contributed by atoms with E-state index in [2.05, 4.69) is 21.2 Å². The van der Waals surface area contributed by atoms with Gasteiger partial charge in [-0.05, 0) is 23.3 Å². The Kier molecular flexibility index (Phi) is 6.36. The first-order valence-corrected chi connectivity index (χ1v) is 7.67. The molecule has 0 saturated heterocycles. The number of alkyl halides is 1. The highest BCUT2D eigenvalue weighted by Crippen LogP contribution is 2.22. The topological polar surface area (TPSA) is 21.3 Å². The molecule has 2 nitrogen and oxygen atoms in total. The number of hydrogen-bond acceptors (Lipinski definition) is 2. The summed E-state index contributed by atoms with van der Waals surface area (Å²) in [6.07, 6.45) is -1.05. The minimum Gasteiger partial charge on any atom is -0.383 e. The van der Waals surface area contributed by atoms with Gasteiger partial charge in [-0.1, -0.05) is 58.4 Å². The number of ether oxygens (including phenoxy) is 1. The smallest absolute Gasteiger partial charge is 0.138 e. The van der Waals surface area contributed by atoms with Crippen molar-refractivity contribution in [3.63, 3.8) is 0 Å². The molecule has 21 heavy (non-hydrogen) atoms. The molecule has 0 spiro atoms. The molecule has 4 heteroatoms. The van der Waals surface area contributed by atoms with E-state index in [0.29, 0.717) is 12.2 Å². The van der Waals surface area contributed by atoms with Gasteiger partial charge in [-0.3, -0.25) is 0 Å². The molecule has 0 heterocycles. The summed E-state index contributed by atoms with van der Waals surface area (Å²) < 4.78 is 20.4. The zero-order chi connectivity index (χ0) is 15.1. The van der Waals surface area contributed by atoms with Crippen LogP contribution < -0.4 is 5.32 Å². The van der Waals surface area contributed by atoms with Gasteiger partial charge in [-0.25, -0.2) is 4.39 Å². The minimum atomic E-state index is -1.05. The van der Waals surface area contributed by atoms with E-state index in [1.54, 1.807) is 19.2 Å². The van der Waals surface area contributed by atoms with Crippen molar-refractivity contribution in [3.05, 3.63) is 70.2 Å². The van der Waals surface area contributed by atoms with Gasteiger partial charge in [0, 0.05) is 18.1 Å². The first-order valence-electron chi connectivity index (χ1n) is 6.87. The van der Waals surface area contributed by atoms with Gasteiger partial charge < -0.3 is 10.1 Å². The van der Waals surface area contributed by atoms with E-state index in [1.165, 1.54) is 0 Å². The van der Waals surface area contributed by atoms with Crippen molar-refractivity contribution in [3.8, 4) is 0 Å². The van der Waals surface area contributed by atoms with Gasteiger partial charge in [0.25, 0.3) is 0 Å². The van der Waals surface area contributed by atoms with Gasteiger partial charge in [-0.15, -0.1) is 0 Å². The molecule has 0 radical (unpaired) electrons. The number of nitrogens with one attached hydrogen (secondary N) is 1. The average Bonchev–Trinajstić information content (AvgIpc) is 2.52. The van der Waals surface area contributed by atoms with Crippen LogP contribution in [0.15, 0.2) is 59.1 Å². The second-order valence-electron chi connectivity index (χ2n) is 4.85. The minimum absolute atomic E-state index is 0.0124. The fourth-order valence-corrected chi connectivity index (χ4v) is 2.61. The van der Waals surface area contributed by atoms with Crippen LogP contribution in [0.5, 0.6) is 0 Å². The predicted octanol–water partition coefficient (Wildman–Crippen LogP) is 4.44. The Morgan fingerprint density at radius 1 is 1.10 bits per heavy atom. The first kappa shape index (κ1) is 16.1. The third-order valence-electron chi connectivity index (χ3n) is 3.29. The standard InChI is InChI=1S/C17H19BrFNO/c1-21-12-17(13-6-3-2-4-7-13)20-11-16(19)14-8-5-9-15(18)10-14/h2-10,16-17,20H,11-12H2,1H3/t16-,17-/m0/s1. The van der Waals surface area contributed by atoms with E-state index in [-0.39, 0.29) is 12.6 Å². The maximum Gasteiger partial charge on any atom is 0.138 e. The van der Waals surface area contributed by atoms with Crippen molar-refractivity contribution in [1.82, 2.24) is 5.32 Å². The van der Waals surface area contributed by atoms with Crippen LogP contribution in [0.2, 0.25) is 0 Å². The lowest BCUT2D eigenvalue weighted by atomic mass is 10.1. The Morgan fingerprint density at radius 2 is 1.81 bits per heavy atom. The third kappa shape index (κ3) is 4.92. The normalized spacial score (nSPS) is 13.9. The molecule has 0 bridgehead atoms. The third-order valence-corrected chi connectivity index (χ3v) is 3.78. The van der Waals surface area contributed by atoms with Crippen molar-refractivity contribution >= 4 is 15.9 Å². The molecule has 0 amide bonds. The van der Waals surface area contributed by atoms with E-state index in [4.69, 9.17) is 4.74 Å². The maximum atomic E-state index is 14.3. The Balaban J connectivity index is 1.98. The SMILES string of the molecule is COC[C@H](NC[C@H](F)c1cccc(Br)c1)c1ccccc1. The molecular weight excluding hydrogens is 333 g/mol. The number of rotatable bonds is 7. The largest absolute Gasteiger partial charge is 0.383 e. The van der Waals surface area contributed by atoms with Gasteiger partial charge in [0.2, 0.25) is 0 Å². The first-order chi connectivity index (χ1) is 10.2. The Bertz CT molecular complexity index is 549. The molecule has 0 aliphatic rings. The predicted molar refractivity (Wildman–Crippen MR) is 87.1 cm³/mol. The molecule has 2 aromatic rings. The number of halogens is 2. The fourth-order valence-electron chi connectivity index (χ4n) is 2.19. The van der Waals surface area contributed by atoms with Gasteiger partial charge in [0.1, 0.15) is 6.17 Å². The van der Waals surface area contributed by atoms with Crippen LogP contribution in [0.1, 0.15) is 23.3 Å². The summed E-state index contributed by atoms with van der Waals surface area (Å²) in [7, 11) is 1.65. The van der Waals surface area contributed by atoms with E-state index in [1.807, 2.05) is 42.5 Å². The van der Waals surface area contributed by atoms with E-state index >= 15 is 0 Å². The lowest BCUT2D eigenvalue weighted by molar-refractivity contribution is 0.161. The molecule has 1 N–H and O–H groups in total. The van der Waals surface area contributed by atoms with E-state index < -0.39 is 6.17 Å². The molecule has 0 saturated carbocycles. The fraction of sp³-hybridized carbons (Fsp3) is 0.294. The maximum absolute atomic E-state index is 14.3. The molecule has 0 unspecified atom stereocenters. The molecule has 2 rings (SSSR count). The Hall–Kier alpha value is -1.23. The number of hydrogen-bond donors (Lipinski definition) is 1. The summed E-state index contributed by atoms with van der Waals surface area (Å²) in [6, 6.07) is 17.3. The summed E-state index contributed by atoms with van der Waals surface area (Å²) in [5.74, 6) is 0. The molecule has 0 aliphatic carbocycles. The molecule has 2 atom stereocenters. The second-order valence-corrected chi connectivity index (χ2v) is 5.77. The van der Waals surface area contributed by atoms with Crippen LogP contribution in [-0.2, 0) is 4.74 Å². The molecule has 0 aromatic heterocycles. The molecule has 0 fully saturated rings. The van der Waals surface area contributed by atoms with Crippen LogP contribution in [0, 0.1) is 0 Å². The average molecular weight is 352 g/mol. The van der Waals surface area contributed by atoms with Crippen LogP contribution in [0.3, 0.4) is 0 Å². The molecule has 2 aromatic carbocycles. The second kappa shape index (κ2) is 8.27. The van der Waals surface area contributed by atoms with Crippen molar-refractivity contribution in [2.75, 3.05) is 20.3 Å². The highest BCUT2D eigenvalue weighted by atomic mass is 79.9. The lowest BCUT2D eigenvalue weighted by Crippen LogP contribution is -2.28. The molecule has 0 aliphatic heterocycles. The summed E-state index contributed by atoms with van der Waals surface area (Å²) in [4.78, 5) is 0. The monoisotopic (exact) mass is 351 g/mol. The number of methoxy groups -OCH3 is 1. The van der Waals surface area contributed by atoms with Gasteiger partial charge >= 0.3 is 0 Å². The zero-order valence-corrected chi connectivity index (χ0v) is 13.5. The van der Waals surface area contributed by atoms with Gasteiger partial charge in [0.15, 0.2) is 0 Å². The summed E-state index contributed by atoms with van der Waals surface area (Å²) in [5, 5.41) is 3.24. The Labute approximate surface area is 133 Å². The molecular formula is C17H19BrFNO. The summed E-state index contributed by atoms with van der Waals surface area (Å²) in [6.45, 7) is 0.759. The van der Waals surface area contributed by atoms with E-state index in [0.717, 1.165) is 10.0 Å². The van der Waals surface area contributed by atoms with Crippen molar-refractivity contribution in [2.24, 2.45) is 0 Å².